The number of fused-ring (bicyclic) bond motifs is 1. The summed E-state index contributed by atoms with van der Waals surface area (Å²) < 4.78 is 0. The molecule has 4 rings (SSSR count). The molecule has 0 aliphatic carbocycles. The number of nitrogens with one attached hydrogen (secondary N) is 3. The van der Waals surface area contributed by atoms with Crippen LogP contribution in [-0.2, 0) is 4.79 Å². The van der Waals surface area contributed by atoms with Gasteiger partial charge in [0.1, 0.15) is 5.69 Å². The molecule has 1 amide bonds. The Morgan fingerprint density at radius 2 is 1.96 bits per heavy atom. The van der Waals surface area contributed by atoms with Crippen LogP contribution in [0.3, 0.4) is 0 Å². The number of anilines is 1. The second-order valence-electron chi connectivity index (χ2n) is 6.10. The van der Waals surface area contributed by atoms with Crippen LogP contribution in [0.4, 0.5) is 5.69 Å². The van der Waals surface area contributed by atoms with Crippen molar-refractivity contribution in [3.05, 3.63) is 72.4 Å². The van der Waals surface area contributed by atoms with Gasteiger partial charge in [-0.2, -0.15) is 5.10 Å². The van der Waals surface area contributed by atoms with Crippen molar-refractivity contribution in [2.75, 3.05) is 5.32 Å². The lowest BCUT2D eigenvalue weighted by molar-refractivity contribution is -0.118. The number of benzene rings is 2. The van der Waals surface area contributed by atoms with E-state index >= 15 is 0 Å². The quantitative estimate of drug-likeness (QED) is 0.444. The van der Waals surface area contributed by atoms with Gasteiger partial charge >= 0.3 is 0 Å². The number of carbonyl (C=O) groups excluding carboxylic acids is 1. The van der Waals surface area contributed by atoms with Crippen LogP contribution in [0.5, 0.6) is 0 Å². The van der Waals surface area contributed by atoms with E-state index < -0.39 is 6.10 Å². The summed E-state index contributed by atoms with van der Waals surface area (Å²) in [6.45, 7) is 0. The van der Waals surface area contributed by atoms with Gasteiger partial charge in [-0.05, 0) is 35.9 Å². The lowest BCUT2D eigenvalue weighted by Crippen LogP contribution is -2.15. The molecule has 0 radical (unpaired) electrons. The molecule has 130 valence electrons. The average molecular weight is 346 g/mol. The van der Waals surface area contributed by atoms with Crippen LogP contribution < -0.4 is 5.32 Å². The van der Waals surface area contributed by atoms with E-state index in [0.29, 0.717) is 5.69 Å². The van der Waals surface area contributed by atoms with Crippen molar-refractivity contribution in [1.29, 1.82) is 0 Å². The van der Waals surface area contributed by atoms with E-state index in [4.69, 9.17) is 0 Å². The molecule has 2 heterocycles. The molecule has 6 heteroatoms. The fourth-order valence-electron chi connectivity index (χ4n) is 2.96. The van der Waals surface area contributed by atoms with Crippen molar-refractivity contribution in [2.45, 2.75) is 12.5 Å². The van der Waals surface area contributed by atoms with E-state index in [1.807, 2.05) is 54.7 Å². The summed E-state index contributed by atoms with van der Waals surface area (Å²) in [5.74, 6) is -0.245. The fraction of sp³-hybridized carbons (Fsp3) is 0.100. The maximum absolute atomic E-state index is 12.3. The summed E-state index contributed by atoms with van der Waals surface area (Å²) in [5.41, 5.74) is 3.97. The first-order chi connectivity index (χ1) is 12.7. The predicted molar refractivity (Wildman–Crippen MR) is 101 cm³/mol. The van der Waals surface area contributed by atoms with Gasteiger partial charge in [-0.15, -0.1) is 0 Å². The van der Waals surface area contributed by atoms with Gasteiger partial charge < -0.3 is 15.4 Å². The molecule has 2 aromatic heterocycles. The number of hydrogen-bond acceptors (Lipinski definition) is 3. The Morgan fingerprint density at radius 1 is 1.12 bits per heavy atom. The summed E-state index contributed by atoms with van der Waals surface area (Å²) >= 11 is 0. The smallest absolute Gasteiger partial charge is 0.227 e. The Hall–Kier alpha value is -3.38. The molecule has 0 aliphatic rings. The van der Waals surface area contributed by atoms with E-state index in [1.54, 1.807) is 12.1 Å². The van der Waals surface area contributed by atoms with Crippen LogP contribution >= 0.6 is 0 Å². The maximum atomic E-state index is 12.3. The Morgan fingerprint density at radius 3 is 2.73 bits per heavy atom. The molecule has 6 nitrogen and oxygen atoms in total. The highest BCUT2D eigenvalue weighted by Crippen LogP contribution is 2.27. The van der Waals surface area contributed by atoms with Crippen molar-refractivity contribution in [3.8, 4) is 11.4 Å². The van der Waals surface area contributed by atoms with Crippen molar-refractivity contribution in [2.24, 2.45) is 0 Å². The van der Waals surface area contributed by atoms with E-state index in [2.05, 4.69) is 20.5 Å². The van der Waals surface area contributed by atoms with Crippen molar-refractivity contribution >= 4 is 22.5 Å². The van der Waals surface area contributed by atoms with E-state index in [9.17, 15) is 9.90 Å². The minimum absolute atomic E-state index is 0.00305. The highest BCUT2D eigenvalue weighted by Gasteiger charge is 2.14. The van der Waals surface area contributed by atoms with Crippen LogP contribution in [0.2, 0.25) is 0 Å². The first-order valence-corrected chi connectivity index (χ1v) is 8.35. The van der Waals surface area contributed by atoms with Gasteiger partial charge in [0.15, 0.2) is 0 Å². The van der Waals surface area contributed by atoms with Gasteiger partial charge in [-0.1, -0.05) is 30.3 Å². The number of carbonyl (C=O) groups is 1. The van der Waals surface area contributed by atoms with Gasteiger partial charge in [0.2, 0.25) is 5.91 Å². The molecular formula is C20H18N4O2. The normalized spacial score (nSPS) is 12.2. The Kier molecular flexibility index (Phi) is 4.25. The number of aromatic amines is 2. The summed E-state index contributed by atoms with van der Waals surface area (Å²) in [6, 6.07) is 18.6. The third-order valence-corrected chi connectivity index (χ3v) is 4.26. The van der Waals surface area contributed by atoms with Crippen molar-refractivity contribution in [3.63, 3.8) is 0 Å². The number of amides is 1. The molecule has 1 atom stereocenters. The molecule has 0 aliphatic heterocycles. The number of aliphatic hydroxyl groups excluding tert-OH is 1. The lowest BCUT2D eigenvalue weighted by atomic mass is 10.1. The second kappa shape index (κ2) is 6.85. The van der Waals surface area contributed by atoms with Crippen molar-refractivity contribution in [1.82, 2.24) is 15.2 Å². The van der Waals surface area contributed by atoms with Gasteiger partial charge in [0.05, 0.1) is 23.7 Å². The number of hydrogen-bond donors (Lipinski definition) is 4. The number of rotatable bonds is 5. The average Bonchev–Trinajstić information content (AvgIpc) is 3.31. The molecule has 0 saturated heterocycles. The SMILES string of the molecule is O=C(CC(O)c1ccccc1)Nc1ccc2[nH]nc(-c3ccc[nH]3)c2c1. The first-order valence-electron chi connectivity index (χ1n) is 8.35. The fourth-order valence-corrected chi connectivity index (χ4v) is 2.96. The standard InChI is InChI=1S/C20H18N4O2/c25-18(13-5-2-1-3-6-13)12-19(26)22-14-8-9-16-15(11-14)20(24-23-16)17-7-4-10-21-17/h1-11,18,21,25H,12H2,(H,22,26)(H,23,24). The largest absolute Gasteiger partial charge is 0.388 e. The maximum Gasteiger partial charge on any atom is 0.227 e. The molecule has 0 fully saturated rings. The third-order valence-electron chi connectivity index (χ3n) is 4.26. The van der Waals surface area contributed by atoms with Gasteiger partial charge in [-0.3, -0.25) is 9.89 Å². The minimum atomic E-state index is -0.830. The number of nitrogens with zero attached hydrogens (tertiary/aromatic N) is 1. The Labute approximate surface area is 149 Å². The zero-order valence-corrected chi connectivity index (χ0v) is 13.9. The highest BCUT2D eigenvalue weighted by atomic mass is 16.3. The summed E-state index contributed by atoms with van der Waals surface area (Å²) in [4.78, 5) is 15.4. The van der Waals surface area contributed by atoms with Gasteiger partial charge in [0.25, 0.3) is 0 Å². The molecule has 4 aromatic rings. The Balaban J connectivity index is 1.52. The number of aromatic nitrogens is 3. The monoisotopic (exact) mass is 346 g/mol. The summed E-state index contributed by atoms with van der Waals surface area (Å²) in [5, 5.41) is 21.3. The number of aliphatic hydroxyl groups is 1. The predicted octanol–water partition coefficient (Wildman–Crippen LogP) is 3.62. The van der Waals surface area contributed by atoms with E-state index in [0.717, 1.165) is 27.9 Å². The molecular weight excluding hydrogens is 328 g/mol. The molecule has 4 N–H and O–H groups in total. The molecule has 1 unspecified atom stereocenters. The van der Waals surface area contributed by atoms with Crippen LogP contribution in [0, 0.1) is 0 Å². The van der Waals surface area contributed by atoms with Crippen molar-refractivity contribution < 1.29 is 9.90 Å². The molecule has 0 saturated carbocycles. The summed E-state index contributed by atoms with van der Waals surface area (Å²) in [6.07, 6.45) is 1.01. The van der Waals surface area contributed by atoms with Crippen LogP contribution in [-0.4, -0.2) is 26.2 Å². The Bertz CT molecular complexity index is 1020. The first kappa shape index (κ1) is 16.1. The minimum Gasteiger partial charge on any atom is -0.388 e. The van der Waals surface area contributed by atoms with Crippen LogP contribution in [0.1, 0.15) is 18.1 Å². The van der Waals surface area contributed by atoms with Gasteiger partial charge in [-0.25, -0.2) is 0 Å². The topological polar surface area (TPSA) is 93.8 Å². The molecule has 26 heavy (non-hydrogen) atoms. The summed E-state index contributed by atoms with van der Waals surface area (Å²) in [7, 11) is 0. The molecule has 2 aromatic carbocycles. The highest BCUT2D eigenvalue weighted by molar-refractivity contribution is 5.98. The molecule has 0 bridgehead atoms. The number of H-pyrrole nitrogens is 2. The zero-order valence-electron chi connectivity index (χ0n) is 13.9. The van der Waals surface area contributed by atoms with Crippen LogP contribution in [0.15, 0.2) is 66.9 Å². The lowest BCUT2D eigenvalue weighted by Gasteiger charge is -2.11. The second-order valence-corrected chi connectivity index (χ2v) is 6.10. The zero-order chi connectivity index (χ0) is 17.9. The third kappa shape index (κ3) is 3.22. The molecule has 0 spiro atoms. The van der Waals surface area contributed by atoms with Crippen LogP contribution in [0.25, 0.3) is 22.3 Å². The van der Waals surface area contributed by atoms with Gasteiger partial charge in [0, 0.05) is 17.3 Å². The van der Waals surface area contributed by atoms with E-state index in [-0.39, 0.29) is 12.3 Å². The van der Waals surface area contributed by atoms with E-state index in [1.165, 1.54) is 0 Å².